The zero-order valence-corrected chi connectivity index (χ0v) is 10.9. The number of hydrogen-bond donors (Lipinski definition) is 2. The van der Waals surface area contributed by atoms with Gasteiger partial charge in [-0.3, -0.25) is 4.72 Å². The van der Waals surface area contributed by atoms with Crippen molar-refractivity contribution in [2.24, 2.45) is 0 Å². The van der Waals surface area contributed by atoms with E-state index in [1.807, 2.05) is 4.72 Å². The first-order chi connectivity index (χ1) is 8.40. The highest BCUT2D eigenvalue weighted by Crippen LogP contribution is 2.27. The van der Waals surface area contributed by atoms with Crippen LogP contribution in [0.5, 0.6) is 0 Å². The highest BCUT2D eigenvalue weighted by Gasteiger charge is 2.23. The molecule has 0 aliphatic heterocycles. The molecule has 0 aliphatic rings. The van der Waals surface area contributed by atoms with Gasteiger partial charge in [0.25, 0.3) is 10.0 Å². The normalized spacial score (nSPS) is 11.4. The van der Waals surface area contributed by atoms with E-state index in [-0.39, 0.29) is 15.8 Å². The van der Waals surface area contributed by atoms with E-state index in [9.17, 15) is 12.8 Å². The summed E-state index contributed by atoms with van der Waals surface area (Å²) in [6, 6.07) is 2.07. The zero-order chi connectivity index (χ0) is 13.3. The van der Waals surface area contributed by atoms with Crippen molar-refractivity contribution in [1.82, 2.24) is 14.8 Å². The van der Waals surface area contributed by atoms with Crippen molar-refractivity contribution in [1.29, 1.82) is 0 Å². The molecule has 0 amide bonds. The summed E-state index contributed by atoms with van der Waals surface area (Å²) >= 11 is 6.23. The van der Waals surface area contributed by atoms with Crippen LogP contribution < -0.4 is 10.5 Å². The van der Waals surface area contributed by atoms with Crippen LogP contribution in [0.1, 0.15) is 0 Å². The van der Waals surface area contributed by atoms with Crippen molar-refractivity contribution < 1.29 is 12.8 Å². The van der Waals surface area contributed by atoms with Gasteiger partial charge >= 0.3 is 0 Å². The Hall–Kier alpha value is -1.52. The third-order valence-corrected chi connectivity index (χ3v) is 4.08. The number of nitrogens with one attached hydrogen (secondary N) is 1. The van der Waals surface area contributed by atoms with Crippen LogP contribution in [0.3, 0.4) is 0 Å². The fourth-order valence-corrected chi connectivity index (χ4v) is 3.13. The number of benzene rings is 1. The molecule has 0 atom stereocenters. The van der Waals surface area contributed by atoms with Crippen LogP contribution in [0.25, 0.3) is 0 Å². The summed E-state index contributed by atoms with van der Waals surface area (Å²) in [7, 11) is -4.18. The van der Waals surface area contributed by atoms with Gasteiger partial charge in [0.1, 0.15) is 4.90 Å². The molecule has 2 rings (SSSR count). The molecule has 0 radical (unpaired) electrons. The smallest absolute Gasteiger partial charge is 0.266 e. The Morgan fingerprint density at radius 3 is 2.78 bits per heavy atom. The molecular weight excluding hydrogens is 305 g/mol. The van der Waals surface area contributed by atoms with Gasteiger partial charge in [0, 0.05) is 17.2 Å². The number of nitrogen functional groups attached to an aromatic ring is 1. The van der Waals surface area contributed by atoms with Gasteiger partial charge in [0.15, 0.2) is 5.82 Å². The molecule has 0 bridgehead atoms. The summed E-state index contributed by atoms with van der Waals surface area (Å²) in [6.45, 7) is 0. The Morgan fingerprint density at radius 1 is 1.44 bits per heavy atom. The maximum Gasteiger partial charge on any atom is 0.266 e. The number of sulfonamides is 1. The third-order valence-electron chi connectivity index (χ3n) is 1.83. The Kier molecular flexibility index (Phi) is 3.32. The first-order valence-electron chi connectivity index (χ1n) is 4.32. The van der Waals surface area contributed by atoms with Crippen molar-refractivity contribution in [2.75, 3.05) is 10.5 Å². The third kappa shape index (κ3) is 2.49. The van der Waals surface area contributed by atoms with Crippen LogP contribution in [0.2, 0.25) is 5.02 Å². The average Bonchev–Trinajstić information content (AvgIpc) is 2.75. The van der Waals surface area contributed by atoms with Gasteiger partial charge in [-0.1, -0.05) is 21.2 Å². The van der Waals surface area contributed by atoms with E-state index in [1.54, 1.807) is 0 Å². The van der Waals surface area contributed by atoms with E-state index in [0.717, 1.165) is 12.1 Å². The Labute approximate surface area is 110 Å². The van der Waals surface area contributed by atoms with Gasteiger partial charge < -0.3 is 5.73 Å². The minimum Gasteiger partial charge on any atom is -0.399 e. The van der Waals surface area contributed by atoms with Crippen molar-refractivity contribution in [3.05, 3.63) is 23.0 Å². The summed E-state index contributed by atoms with van der Waals surface area (Å²) in [4.78, 5) is -0.664. The molecule has 1 heterocycles. The van der Waals surface area contributed by atoms with E-state index in [0.29, 0.717) is 11.5 Å². The van der Waals surface area contributed by atoms with Crippen LogP contribution in [0.15, 0.2) is 17.0 Å². The van der Waals surface area contributed by atoms with Gasteiger partial charge in [0.2, 0.25) is 5.13 Å². The van der Waals surface area contributed by atoms with Gasteiger partial charge in [0.05, 0.1) is 5.02 Å². The van der Waals surface area contributed by atoms with Crippen LogP contribution in [0, 0.1) is 5.82 Å². The molecule has 0 spiro atoms. The lowest BCUT2D eigenvalue weighted by molar-refractivity contribution is 0.570. The number of nitrogens with zero attached hydrogens (tertiary/aromatic N) is 3. The SMILES string of the molecule is Nc1cc(Cl)c(F)c(S(=O)(=O)Nc2nnns2)c1. The molecular formula is C7H5ClFN5O2S2. The number of rotatable bonds is 3. The Bertz CT molecular complexity index is 675. The molecule has 1 aromatic carbocycles. The minimum atomic E-state index is -4.18. The molecule has 96 valence electrons. The van der Waals surface area contributed by atoms with Crippen LogP contribution in [0.4, 0.5) is 15.2 Å². The van der Waals surface area contributed by atoms with Gasteiger partial charge in [-0.2, -0.15) is 0 Å². The number of halogens is 2. The van der Waals surface area contributed by atoms with E-state index < -0.39 is 20.7 Å². The maximum absolute atomic E-state index is 13.7. The summed E-state index contributed by atoms with van der Waals surface area (Å²) in [6.07, 6.45) is 0. The zero-order valence-electron chi connectivity index (χ0n) is 8.46. The number of nitrogens with two attached hydrogens (primary N) is 1. The number of anilines is 2. The Balaban J connectivity index is 2.48. The van der Waals surface area contributed by atoms with Crippen LogP contribution >= 0.6 is 23.1 Å². The molecule has 18 heavy (non-hydrogen) atoms. The second-order valence-electron chi connectivity index (χ2n) is 3.09. The topological polar surface area (TPSA) is 111 Å². The largest absolute Gasteiger partial charge is 0.399 e. The lowest BCUT2D eigenvalue weighted by atomic mass is 10.3. The molecule has 7 nitrogen and oxygen atoms in total. The van der Waals surface area contributed by atoms with Crippen LogP contribution in [-0.4, -0.2) is 23.2 Å². The summed E-state index contributed by atoms with van der Waals surface area (Å²) in [5, 5.41) is 6.11. The second kappa shape index (κ2) is 4.63. The minimum absolute atomic E-state index is 0.0252. The highest BCUT2D eigenvalue weighted by atomic mass is 35.5. The van der Waals surface area contributed by atoms with Gasteiger partial charge in [-0.25, -0.2) is 12.8 Å². The molecule has 11 heteroatoms. The molecule has 0 fully saturated rings. The quantitative estimate of drug-likeness (QED) is 0.822. The predicted molar refractivity (Wildman–Crippen MR) is 64.3 cm³/mol. The molecule has 0 aliphatic carbocycles. The fourth-order valence-electron chi connectivity index (χ4n) is 1.12. The van der Waals surface area contributed by atoms with Crippen molar-refractivity contribution in [2.45, 2.75) is 4.90 Å². The Morgan fingerprint density at radius 2 is 2.17 bits per heavy atom. The summed E-state index contributed by atoms with van der Waals surface area (Å²) in [5.41, 5.74) is 5.44. The highest BCUT2D eigenvalue weighted by molar-refractivity contribution is 7.93. The van der Waals surface area contributed by atoms with E-state index in [4.69, 9.17) is 17.3 Å². The predicted octanol–water partition coefficient (Wildman–Crippen LogP) is 1.11. The maximum atomic E-state index is 13.7. The van der Waals surface area contributed by atoms with Gasteiger partial charge in [-0.15, -0.1) is 0 Å². The van der Waals surface area contributed by atoms with Gasteiger partial charge in [-0.05, 0) is 17.3 Å². The molecule has 2 aromatic rings. The summed E-state index contributed by atoms with van der Waals surface area (Å²) < 4.78 is 42.8. The number of hydrogen-bond acceptors (Lipinski definition) is 7. The standard InChI is InChI=1S/C7H5ClFN5O2S2/c8-4-1-3(10)2-5(6(4)9)18(15,16)12-7-11-13-14-17-7/h1-2H,10H2,(H,11,12,14). The fraction of sp³-hybridized carbons (Fsp3) is 0. The summed E-state index contributed by atoms with van der Waals surface area (Å²) in [5.74, 6) is -1.09. The second-order valence-corrected chi connectivity index (χ2v) is 5.88. The molecule has 0 saturated carbocycles. The van der Waals surface area contributed by atoms with Crippen LogP contribution in [-0.2, 0) is 10.0 Å². The monoisotopic (exact) mass is 309 g/mol. The van der Waals surface area contributed by atoms with E-state index in [1.165, 1.54) is 0 Å². The lowest BCUT2D eigenvalue weighted by Gasteiger charge is -2.07. The van der Waals surface area contributed by atoms with E-state index >= 15 is 0 Å². The number of aromatic nitrogens is 3. The molecule has 0 saturated heterocycles. The first-order valence-corrected chi connectivity index (χ1v) is 6.96. The van der Waals surface area contributed by atoms with Crippen molar-refractivity contribution >= 4 is 44.0 Å². The first kappa shape index (κ1) is 12.9. The molecule has 0 unspecified atom stereocenters. The molecule has 3 N–H and O–H groups in total. The van der Waals surface area contributed by atoms with Crippen molar-refractivity contribution in [3.8, 4) is 0 Å². The lowest BCUT2D eigenvalue weighted by Crippen LogP contribution is -2.15. The van der Waals surface area contributed by atoms with Crippen molar-refractivity contribution in [3.63, 3.8) is 0 Å². The van der Waals surface area contributed by atoms with E-state index in [2.05, 4.69) is 14.8 Å². The average molecular weight is 310 g/mol. The molecule has 1 aromatic heterocycles.